The molecular formula is C19H18N2O4. The Morgan fingerprint density at radius 2 is 1.96 bits per heavy atom. The quantitative estimate of drug-likeness (QED) is 0.735. The number of nitrogens with zero attached hydrogens (tertiary/aromatic N) is 1. The molecule has 1 heterocycles. The molecule has 6 nitrogen and oxygen atoms in total. The summed E-state index contributed by atoms with van der Waals surface area (Å²) < 4.78 is 10.4. The van der Waals surface area contributed by atoms with E-state index in [0.717, 1.165) is 11.1 Å². The normalized spacial score (nSPS) is 12.0. The number of anilines is 1. The van der Waals surface area contributed by atoms with Gasteiger partial charge in [-0.3, -0.25) is 4.79 Å². The van der Waals surface area contributed by atoms with Gasteiger partial charge in [0.15, 0.2) is 18.1 Å². The van der Waals surface area contributed by atoms with Crippen molar-refractivity contribution < 1.29 is 18.7 Å². The van der Waals surface area contributed by atoms with E-state index in [1.807, 2.05) is 32.0 Å². The van der Waals surface area contributed by atoms with E-state index < -0.39 is 12.1 Å². The van der Waals surface area contributed by atoms with Crippen molar-refractivity contribution in [3.63, 3.8) is 0 Å². The van der Waals surface area contributed by atoms with Crippen LogP contribution in [0.25, 0.3) is 11.1 Å². The molecule has 0 fully saturated rings. The molecule has 1 atom stereocenters. The predicted octanol–water partition coefficient (Wildman–Crippen LogP) is 3.63. The number of carbonyl (C=O) groups is 2. The molecule has 3 rings (SSSR count). The number of ether oxygens (including phenoxy) is 1. The van der Waals surface area contributed by atoms with Crippen LogP contribution in [0.2, 0.25) is 0 Å². The van der Waals surface area contributed by atoms with Crippen LogP contribution in [-0.4, -0.2) is 23.0 Å². The molecule has 25 heavy (non-hydrogen) atoms. The Labute approximate surface area is 144 Å². The van der Waals surface area contributed by atoms with Crippen LogP contribution in [0.1, 0.15) is 28.4 Å². The average Bonchev–Trinajstić information content (AvgIpc) is 3.04. The van der Waals surface area contributed by atoms with E-state index in [4.69, 9.17) is 9.15 Å². The largest absolute Gasteiger partial charge is 0.449 e. The summed E-state index contributed by atoms with van der Waals surface area (Å²) in [6.07, 6.45) is 0.373. The predicted molar refractivity (Wildman–Crippen MR) is 93.4 cm³/mol. The molecule has 0 aliphatic heterocycles. The highest BCUT2D eigenvalue weighted by molar-refractivity contribution is 5.98. The van der Waals surface area contributed by atoms with Crippen molar-refractivity contribution >= 4 is 28.7 Å². The Morgan fingerprint density at radius 1 is 1.16 bits per heavy atom. The van der Waals surface area contributed by atoms with Crippen LogP contribution in [0.3, 0.4) is 0 Å². The average molecular weight is 338 g/mol. The van der Waals surface area contributed by atoms with Crippen molar-refractivity contribution in [3.8, 4) is 0 Å². The molecule has 1 amide bonds. The zero-order valence-corrected chi connectivity index (χ0v) is 14.2. The summed E-state index contributed by atoms with van der Waals surface area (Å²) in [6.45, 7) is 5.42. The molecule has 2 aromatic carbocycles. The molecular weight excluding hydrogens is 320 g/mol. The van der Waals surface area contributed by atoms with E-state index in [-0.39, 0.29) is 5.91 Å². The van der Waals surface area contributed by atoms with Crippen LogP contribution in [-0.2, 0) is 9.53 Å². The van der Waals surface area contributed by atoms with Crippen molar-refractivity contribution in [1.29, 1.82) is 0 Å². The maximum absolute atomic E-state index is 12.3. The Balaban J connectivity index is 1.66. The zero-order chi connectivity index (χ0) is 18.0. The van der Waals surface area contributed by atoms with Crippen molar-refractivity contribution in [1.82, 2.24) is 4.98 Å². The van der Waals surface area contributed by atoms with Crippen molar-refractivity contribution in [3.05, 3.63) is 59.5 Å². The third-order valence-corrected chi connectivity index (χ3v) is 3.86. The second-order valence-electron chi connectivity index (χ2n) is 5.89. The van der Waals surface area contributed by atoms with Gasteiger partial charge in [0.2, 0.25) is 0 Å². The van der Waals surface area contributed by atoms with E-state index in [0.29, 0.717) is 22.4 Å². The number of rotatable bonds is 4. The summed E-state index contributed by atoms with van der Waals surface area (Å²) in [5.41, 5.74) is 4.19. The van der Waals surface area contributed by atoms with Gasteiger partial charge in [0, 0.05) is 5.69 Å². The van der Waals surface area contributed by atoms with E-state index >= 15 is 0 Å². The lowest BCUT2D eigenvalue weighted by atomic mass is 10.1. The monoisotopic (exact) mass is 338 g/mol. The van der Waals surface area contributed by atoms with Crippen LogP contribution >= 0.6 is 0 Å². The highest BCUT2D eigenvalue weighted by atomic mass is 16.5. The van der Waals surface area contributed by atoms with Gasteiger partial charge in [-0.1, -0.05) is 17.7 Å². The van der Waals surface area contributed by atoms with Crippen LogP contribution in [0, 0.1) is 13.8 Å². The Hall–Kier alpha value is -3.15. The number of hydrogen-bond donors (Lipinski definition) is 1. The van der Waals surface area contributed by atoms with Crippen LogP contribution in [0.5, 0.6) is 0 Å². The summed E-state index contributed by atoms with van der Waals surface area (Å²) >= 11 is 0. The lowest BCUT2D eigenvalue weighted by Gasteiger charge is -2.15. The number of oxazole rings is 1. The van der Waals surface area contributed by atoms with E-state index in [9.17, 15) is 9.59 Å². The summed E-state index contributed by atoms with van der Waals surface area (Å²) in [5.74, 6) is -0.984. The van der Waals surface area contributed by atoms with E-state index in [1.165, 1.54) is 13.3 Å². The maximum atomic E-state index is 12.3. The summed E-state index contributed by atoms with van der Waals surface area (Å²) in [5, 5.41) is 2.77. The molecule has 1 N–H and O–H groups in total. The van der Waals surface area contributed by atoms with Gasteiger partial charge in [0.25, 0.3) is 5.91 Å². The van der Waals surface area contributed by atoms with E-state index in [2.05, 4.69) is 10.3 Å². The van der Waals surface area contributed by atoms with Gasteiger partial charge in [-0.2, -0.15) is 0 Å². The first kappa shape index (κ1) is 16.7. The van der Waals surface area contributed by atoms with Gasteiger partial charge in [-0.05, 0) is 50.6 Å². The minimum atomic E-state index is -0.932. The Kier molecular flexibility index (Phi) is 4.52. The smallest absolute Gasteiger partial charge is 0.339 e. The number of esters is 1. The number of amides is 1. The van der Waals surface area contributed by atoms with Crippen molar-refractivity contribution in [2.75, 3.05) is 5.32 Å². The van der Waals surface area contributed by atoms with Gasteiger partial charge in [-0.15, -0.1) is 0 Å². The van der Waals surface area contributed by atoms with Gasteiger partial charge >= 0.3 is 5.97 Å². The first-order valence-corrected chi connectivity index (χ1v) is 7.86. The third-order valence-electron chi connectivity index (χ3n) is 3.86. The third kappa shape index (κ3) is 3.68. The number of aromatic nitrogens is 1. The fourth-order valence-electron chi connectivity index (χ4n) is 2.45. The first-order valence-electron chi connectivity index (χ1n) is 7.86. The standard InChI is InChI=1S/C19H18N2O4/c1-11-4-6-15(12(2)8-11)21-18(22)13(3)25-19(23)14-5-7-16-17(9-14)24-10-20-16/h4-10,13H,1-3H3,(H,21,22). The minimum Gasteiger partial charge on any atom is -0.449 e. The molecule has 0 saturated heterocycles. The Morgan fingerprint density at radius 3 is 2.72 bits per heavy atom. The summed E-state index contributed by atoms with van der Waals surface area (Å²) in [4.78, 5) is 28.5. The lowest BCUT2D eigenvalue weighted by molar-refractivity contribution is -0.123. The molecule has 1 unspecified atom stereocenters. The van der Waals surface area contributed by atoms with Crippen LogP contribution in [0.4, 0.5) is 5.69 Å². The van der Waals surface area contributed by atoms with Gasteiger partial charge < -0.3 is 14.5 Å². The lowest BCUT2D eigenvalue weighted by Crippen LogP contribution is -2.30. The first-order chi connectivity index (χ1) is 11.9. The second kappa shape index (κ2) is 6.76. The number of nitrogens with one attached hydrogen (secondary N) is 1. The summed E-state index contributed by atoms with van der Waals surface area (Å²) in [6, 6.07) is 10.5. The molecule has 0 saturated carbocycles. The molecule has 128 valence electrons. The van der Waals surface area contributed by atoms with Gasteiger partial charge in [0.1, 0.15) is 5.52 Å². The maximum Gasteiger partial charge on any atom is 0.339 e. The fourth-order valence-corrected chi connectivity index (χ4v) is 2.45. The van der Waals surface area contributed by atoms with Crippen LogP contribution in [0.15, 0.2) is 47.2 Å². The number of fused-ring (bicyclic) bond motifs is 1. The molecule has 0 aliphatic rings. The van der Waals surface area contributed by atoms with Crippen LogP contribution < -0.4 is 5.32 Å². The SMILES string of the molecule is Cc1ccc(NC(=O)C(C)OC(=O)c2ccc3ncoc3c2)c(C)c1. The van der Waals surface area contributed by atoms with Crippen molar-refractivity contribution in [2.45, 2.75) is 26.9 Å². The van der Waals surface area contributed by atoms with E-state index in [1.54, 1.807) is 18.2 Å². The van der Waals surface area contributed by atoms with Gasteiger partial charge in [0.05, 0.1) is 5.56 Å². The highest BCUT2D eigenvalue weighted by Crippen LogP contribution is 2.18. The number of benzene rings is 2. The zero-order valence-electron chi connectivity index (χ0n) is 14.2. The fraction of sp³-hybridized carbons (Fsp3) is 0.211. The molecule has 6 heteroatoms. The number of carbonyl (C=O) groups excluding carboxylic acids is 2. The molecule has 1 aromatic heterocycles. The number of hydrogen-bond acceptors (Lipinski definition) is 5. The Bertz CT molecular complexity index is 946. The molecule has 0 radical (unpaired) electrons. The number of aryl methyl sites for hydroxylation is 2. The van der Waals surface area contributed by atoms with Gasteiger partial charge in [-0.25, -0.2) is 9.78 Å². The van der Waals surface area contributed by atoms with Crippen molar-refractivity contribution in [2.24, 2.45) is 0 Å². The molecule has 0 bridgehead atoms. The molecule has 0 aliphatic carbocycles. The highest BCUT2D eigenvalue weighted by Gasteiger charge is 2.20. The minimum absolute atomic E-state index is 0.301. The molecule has 3 aromatic rings. The second-order valence-corrected chi connectivity index (χ2v) is 5.89. The molecule has 0 spiro atoms. The topological polar surface area (TPSA) is 81.4 Å². The summed E-state index contributed by atoms with van der Waals surface area (Å²) in [7, 11) is 0.